The van der Waals surface area contributed by atoms with Gasteiger partial charge in [0, 0.05) is 17.0 Å². The Kier molecular flexibility index (Phi) is 4.65. The minimum Gasteiger partial charge on any atom is -0.359 e. The topological polar surface area (TPSA) is 29.1 Å². The van der Waals surface area contributed by atoms with Crippen LogP contribution in [0.15, 0.2) is 41.6 Å². The van der Waals surface area contributed by atoms with Gasteiger partial charge in [-0.05, 0) is 31.4 Å². The van der Waals surface area contributed by atoms with Crippen molar-refractivity contribution < 1.29 is 35.5 Å². The fourth-order valence-electron chi connectivity index (χ4n) is 2.34. The highest BCUT2D eigenvalue weighted by atomic mass is 19.4. The molecule has 2 rings (SSSR count). The summed E-state index contributed by atoms with van der Waals surface area (Å²) in [6.45, 7) is 0. The SMILES string of the molecule is O=C(C1=C(Nc2ccccc2)CCC1)C(F)(F)C(F)(F)C(F)(F)F. The van der Waals surface area contributed by atoms with Gasteiger partial charge in [-0.1, -0.05) is 18.2 Å². The normalized spacial score (nSPS) is 16.5. The Morgan fingerprint density at radius 1 is 0.917 bits per heavy atom. The summed E-state index contributed by atoms with van der Waals surface area (Å²) in [5, 5.41) is 2.63. The predicted molar refractivity (Wildman–Crippen MR) is 71.9 cm³/mol. The molecule has 0 spiro atoms. The zero-order valence-electron chi connectivity index (χ0n) is 12.1. The van der Waals surface area contributed by atoms with E-state index in [2.05, 4.69) is 5.32 Å². The first kappa shape index (κ1) is 18.3. The highest BCUT2D eigenvalue weighted by Gasteiger charge is 2.76. The van der Waals surface area contributed by atoms with E-state index in [4.69, 9.17) is 0 Å². The average molecular weight is 355 g/mol. The van der Waals surface area contributed by atoms with Gasteiger partial charge in [-0.25, -0.2) is 0 Å². The van der Waals surface area contributed by atoms with Crippen LogP contribution >= 0.6 is 0 Å². The van der Waals surface area contributed by atoms with E-state index < -0.39 is 29.4 Å². The third-order valence-electron chi connectivity index (χ3n) is 3.60. The minimum absolute atomic E-state index is 0.0659. The van der Waals surface area contributed by atoms with Gasteiger partial charge in [0.2, 0.25) is 5.78 Å². The number of para-hydroxylation sites is 1. The Morgan fingerprint density at radius 3 is 2.04 bits per heavy atom. The lowest BCUT2D eigenvalue weighted by molar-refractivity contribution is -0.342. The van der Waals surface area contributed by atoms with Gasteiger partial charge in [0.05, 0.1) is 0 Å². The van der Waals surface area contributed by atoms with Crippen LogP contribution in [0.4, 0.5) is 36.4 Å². The molecule has 0 amide bonds. The fourth-order valence-corrected chi connectivity index (χ4v) is 2.34. The van der Waals surface area contributed by atoms with Crippen molar-refractivity contribution in [2.24, 2.45) is 0 Å². The highest BCUT2D eigenvalue weighted by molar-refractivity contribution is 6.03. The second-order valence-electron chi connectivity index (χ2n) is 5.28. The number of halogens is 7. The standard InChI is InChI=1S/C15H12F7NO/c16-13(17,14(18,19)15(20,21)22)12(24)10-7-4-8-11(10)23-9-5-2-1-3-6-9/h1-3,5-6,23H,4,7-8H2. The van der Waals surface area contributed by atoms with Gasteiger partial charge in [0.15, 0.2) is 0 Å². The Labute approximate surface area is 132 Å². The van der Waals surface area contributed by atoms with Gasteiger partial charge in [0.25, 0.3) is 0 Å². The number of hydrogen-bond donors (Lipinski definition) is 1. The molecule has 0 fully saturated rings. The van der Waals surface area contributed by atoms with Crippen LogP contribution in [0.2, 0.25) is 0 Å². The van der Waals surface area contributed by atoms with Crippen molar-refractivity contribution in [3.8, 4) is 0 Å². The molecule has 9 heteroatoms. The molecule has 132 valence electrons. The maximum atomic E-state index is 13.6. The van der Waals surface area contributed by atoms with Crippen molar-refractivity contribution >= 4 is 11.5 Å². The van der Waals surface area contributed by atoms with Gasteiger partial charge < -0.3 is 5.32 Å². The summed E-state index contributed by atoms with van der Waals surface area (Å²) in [6.07, 6.45) is -6.52. The maximum Gasteiger partial charge on any atom is 0.460 e. The minimum atomic E-state index is -6.53. The summed E-state index contributed by atoms with van der Waals surface area (Å²) in [5.74, 6) is -14.8. The summed E-state index contributed by atoms with van der Waals surface area (Å²) in [7, 11) is 0. The van der Waals surface area contributed by atoms with Crippen molar-refractivity contribution in [1.29, 1.82) is 0 Å². The number of hydrogen-bond acceptors (Lipinski definition) is 2. The summed E-state index contributed by atoms with van der Waals surface area (Å²) < 4.78 is 89.8. The van der Waals surface area contributed by atoms with Crippen LogP contribution in [-0.4, -0.2) is 23.8 Å². The van der Waals surface area contributed by atoms with Gasteiger partial charge in [-0.2, -0.15) is 30.7 Å². The van der Waals surface area contributed by atoms with Gasteiger partial charge in [-0.15, -0.1) is 0 Å². The molecular formula is C15H12F7NO. The van der Waals surface area contributed by atoms with Crippen molar-refractivity contribution in [2.45, 2.75) is 37.3 Å². The second-order valence-corrected chi connectivity index (χ2v) is 5.28. The number of alkyl halides is 7. The molecule has 0 radical (unpaired) electrons. The number of ketones is 1. The Balaban J connectivity index is 2.34. The van der Waals surface area contributed by atoms with Crippen molar-refractivity contribution in [2.75, 3.05) is 5.32 Å². The van der Waals surface area contributed by atoms with Crippen LogP contribution in [-0.2, 0) is 4.79 Å². The first-order chi connectivity index (χ1) is 11.0. The molecule has 2 nitrogen and oxygen atoms in total. The first-order valence-corrected chi connectivity index (χ1v) is 6.89. The zero-order chi connectivity index (χ0) is 18.2. The monoisotopic (exact) mass is 355 g/mol. The van der Waals surface area contributed by atoms with Gasteiger partial charge in [0.1, 0.15) is 0 Å². The van der Waals surface area contributed by atoms with Crippen LogP contribution in [0.1, 0.15) is 19.3 Å². The zero-order valence-corrected chi connectivity index (χ0v) is 12.1. The van der Waals surface area contributed by atoms with E-state index in [-0.39, 0.29) is 25.0 Å². The van der Waals surface area contributed by atoms with E-state index in [1.165, 1.54) is 12.1 Å². The first-order valence-electron chi connectivity index (χ1n) is 6.89. The smallest absolute Gasteiger partial charge is 0.359 e. The van der Waals surface area contributed by atoms with Gasteiger partial charge in [-0.3, -0.25) is 4.79 Å². The third kappa shape index (κ3) is 3.11. The molecule has 0 aliphatic heterocycles. The molecule has 1 aromatic rings. The molecule has 1 aliphatic rings. The van der Waals surface area contributed by atoms with Crippen LogP contribution in [0.3, 0.4) is 0 Å². The molecule has 0 bridgehead atoms. The molecule has 0 atom stereocenters. The number of allylic oxidation sites excluding steroid dienone is 2. The van der Waals surface area contributed by atoms with Gasteiger partial charge >= 0.3 is 18.0 Å². The Morgan fingerprint density at radius 2 is 1.50 bits per heavy atom. The lowest BCUT2D eigenvalue weighted by Crippen LogP contribution is -2.56. The molecule has 0 saturated heterocycles. The van der Waals surface area contributed by atoms with E-state index in [9.17, 15) is 35.5 Å². The van der Waals surface area contributed by atoms with E-state index in [1.807, 2.05) is 0 Å². The third-order valence-corrected chi connectivity index (χ3v) is 3.60. The Hall–Kier alpha value is -2.06. The van der Waals surface area contributed by atoms with E-state index >= 15 is 0 Å². The molecule has 0 saturated carbocycles. The lowest BCUT2D eigenvalue weighted by Gasteiger charge is -2.27. The van der Waals surface area contributed by atoms with E-state index in [0.717, 1.165) is 0 Å². The van der Waals surface area contributed by atoms with Crippen LogP contribution in [0, 0.1) is 0 Å². The van der Waals surface area contributed by atoms with E-state index in [0.29, 0.717) is 5.69 Å². The van der Waals surface area contributed by atoms with Crippen LogP contribution in [0.25, 0.3) is 0 Å². The van der Waals surface area contributed by atoms with Crippen LogP contribution < -0.4 is 5.32 Å². The fraction of sp³-hybridized carbons (Fsp3) is 0.400. The molecule has 1 aliphatic carbocycles. The summed E-state index contributed by atoms with van der Waals surface area (Å²) >= 11 is 0. The molecule has 1 N–H and O–H groups in total. The number of carbonyl (C=O) groups is 1. The van der Waals surface area contributed by atoms with Crippen molar-refractivity contribution in [1.82, 2.24) is 0 Å². The number of nitrogens with one attached hydrogen (secondary N) is 1. The average Bonchev–Trinajstić information content (AvgIpc) is 2.94. The molecule has 0 unspecified atom stereocenters. The highest BCUT2D eigenvalue weighted by Crippen LogP contribution is 2.48. The van der Waals surface area contributed by atoms with Crippen molar-refractivity contribution in [3.63, 3.8) is 0 Å². The molecular weight excluding hydrogens is 343 g/mol. The summed E-state index contributed by atoms with van der Waals surface area (Å²) in [6, 6.07) is 7.95. The predicted octanol–water partition coefficient (Wildman–Crippen LogP) is 4.94. The molecule has 0 aromatic heterocycles. The quantitative estimate of drug-likeness (QED) is 0.758. The summed E-state index contributed by atoms with van der Waals surface area (Å²) in [4.78, 5) is 11.7. The molecule has 24 heavy (non-hydrogen) atoms. The number of carbonyl (C=O) groups excluding carboxylic acids is 1. The van der Waals surface area contributed by atoms with Crippen molar-refractivity contribution in [3.05, 3.63) is 41.6 Å². The number of rotatable bonds is 5. The second kappa shape index (κ2) is 6.10. The summed E-state index contributed by atoms with van der Waals surface area (Å²) in [5.41, 5.74) is -0.387. The lowest BCUT2D eigenvalue weighted by atomic mass is 9.98. The molecule has 1 aromatic carbocycles. The van der Waals surface area contributed by atoms with Crippen LogP contribution in [0.5, 0.6) is 0 Å². The maximum absolute atomic E-state index is 13.6. The molecule has 0 heterocycles. The number of Topliss-reactive ketones (excluding diaryl/α,β-unsaturated/α-hetero) is 1. The number of anilines is 1. The Bertz CT molecular complexity index is 650. The number of benzene rings is 1. The van der Waals surface area contributed by atoms with E-state index in [1.54, 1.807) is 18.2 Å². The largest absolute Gasteiger partial charge is 0.460 e.